The van der Waals surface area contributed by atoms with Gasteiger partial charge in [-0.05, 0) is 36.6 Å². The smallest absolute Gasteiger partial charge is 0.220 e. The summed E-state index contributed by atoms with van der Waals surface area (Å²) < 4.78 is 1.05. The summed E-state index contributed by atoms with van der Waals surface area (Å²) >= 11 is 3.39. The standard InChI is InChI=1S/C17H18BrNO/c1-13-2-4-14(5-3-13)8-11-17(20)19-12-15-6-9-16(18)10-7-15/h2-7,9-10H,8,11-12H2,1H3,(H,19,20). The van der Waals surface area contributed by atoms with Gasteiger partial charge < -0.3 is 5.32 Å². The molecule has 0 aliphatic carbocycles. The lowest BCUT2D eigenvalue weighted by molar-refractivity contribution is -0.121. The van der Waals surface area contributed by atoms with Crippen molar-refractivity contribution in [3.05, 3.63) is 69.7 Å². The van der Waals surface area contributed by atoms with Crippen LogP contribution >= 0.6 is 15.9 Å². The number of nitrogens with one attached hydrogen (secondary N) is 1. The molecule has 2 rings (SSSR count). The normalized spacial score (nSPS) is 10.3. The molecule has 0 aromatic heterocycles. The molecular weight excluding hydrogens is 314 g/mol. The largest absolute Gasteiger partial charge is 0.352 e. The molecule has 0 heterocycles. The van der Waals surface area contributed by atoms with Gasteiger partial charge >= 0.3 is 0 Å². The Balaban J connectivity index is 1.75. The zero-order valence-electron chi connectivity index (χ0n) is 11.5. The first-order valence-corrected chi connectivity index (χ1v) is 7.49. The van der Waals surface area contributed by atoms with Gasteiger partial charge in [0.05, 0.1) is 0 Å². The average molecular weight is 332 g/mol. The Bertz CT molecular complexity index is 509. The molecule has 1 amide bonds. The predicted octanol–water partition coefficient (Wildman–Crippen LogP) is 4.01. The van der Waals surface area contributed by atoms with Gasteiger partial charge in [0.2, 0.25) is 5.91 Å². The quantitative estimate of drug-likeness (QED) is 0.881. The summed E-state index contributed by atoms with van der Waals surface area (Å²) in [5.74, 6) is 0.0912. The minimum Gasteiger partial charge on any atom is -0.352 e. The molecule has 0 bridgehead atoms. The van der Waals surface area contributed by atoms with Crippen LogP contribution < -0.4 is 5.32 Å². The molecule has 0 saturated heterocycles. The number of rotatable bonds is 5. The number of halogens is 1. The summed E-state index contributed by atoms with van der Waals surface area (Å²) in [6.07, 6.45) is 1.31. The predicted molar refractivity (Wildman–Crippen MR) is 85.5 cm³/mol. The average Bonchev–Trinajstić information content (AvgIpc) is 2.46. The highest BCUT2D eigenvalue weighted by Crippen LogP contribution is 2.10. The fourth-order valence-corrected chi connectivity index (χ4v) is 2.17. The minimum absolute atomic E-state index is 0.0912. The molecule has 0 aliphatic rings. The number of aryl methyl sites for hydroxylation is 2. The van der Waals surface area contributed by atoms with Crippen LogP contribution in [0, 0.1) is 6.92 Å². The first-order chi connectivity index (χ1) is 9.63. The second-order valence-corrected chi connectivity index (χ2v) is 5.80. The van der Waals surface area contributed by atoms with Gasteiger partial charge in [-0.25, -0.2) is 0 Å². The summed E-state index contributed by atoms with van der Waals surface area (Å²) in [5.41, 5.74) is 3.56. The van der Waals surface area contributed by atoms with Crippen molar-refractivity contribution in [1.29, 1.82) is 0 Å². The maximum Gasteiger partial charge on any atom is 0.220 e. The molecule has 0 atom stereocenters. The lowest BCUT2D eigenvalue weighted by atomic mass is 10.1. The highest BCUT2D eigenvalue weighted by atomic mass is 79.9. The highest BCUT2D eigenvalue weighted by molar-refractivity contribution is 9.10. The van der Waals surface area contributed by atoms with Gasteiger partial charge in [0.1, 0.15) is 0 Å². The van der Waals surface area contributed by atoms with Crippen molar-refractivity contribution in [3.63, 3.8) is 0 Å². The Morgan fingerprint density at radius 1 is 1.00 bits per heavy atom. The van der Waals surface area contributed by atoms with E-state index in [9.17, 15) is 4.79 Å². The molecule has 104 valence electrons. The first kappa shape index (κ1) is 14.8. The van der Waals surface area contributed by atoms with Crippen LogP contribution in [0.2, 0.25) is 0 Å². The minimum atomic E-state index is 0.0912. The van der Waals surface area contributed by atoms with E-state index in [1.807, 2.05) is 24.3 Å². The van der Waals surface area contributed by atoms with Crippen molar-refractivity contribution in [2.75, 3.05) is 0 Å². The Hall–Kier alpha value is -1.61. The molecule has 3 heteroatoms. The van der Waals surface area contributed by atoms with Crippen molar-refractivity contribution in [2.24, 2.45) is 0 Å². The molecule has 0 radical (unpaired) electrons. The molecule has 0 unspecified atom stereocenters. The van der Waals surface area contributed by atoms with Crippen molar-refractivity contribution in [3.8, 4) is 0 Å². The number of hydrogen-bond acceptors (Lipinski definition) is 1. The Morgan fingerprint density at radius 3 is 2.25 bits per heavy atom. The molecule has 2 nitrogen and oxygen atoms in total. The Morgan fingerprint density at radius 2 is 1.60 bits per heavy atom. The van der Waals surface area contributed by atoms with Crippen LogP contribution in [0.4, 0.5) is 0 Å². The third kappa shape index (κ3) is 4.82. The molecule has 0 aliphatic heterocycles. The van der Waals surface area contributed by atoms with Gasteiger partial charge in [0.15, 0.2) is 0 Å². The van der Waals surface area contributed by atoms with Gasteiger partial charge in [-0.2, -0.15) is 0 Å². The van der Waals surface area contributed by atoms with Crippen molar-refractivity contribution in [1.82, 2.24) is 5.32 Å². The van der Waals surface area contributed by atoms with E-state index in [4.69, 9.17) is 0 Å². The zero-order valence-corrected chi connectivity index (χ0v) is 13.1. The third-order valence-corrected chi connectivity index (χ3v) is 3.69. The number of hydrogen-bond donors (Lipinski definition) is 1. The first-order valence-electron chi connectivity index (χ1n) is 6.70. The monoisotopic (exact) mass is 331 g/mol. The number of carbonyl (C=O) groups is 1. The molecule has 2 aromatic rings. The SMILES string of the molecule is Cc1ccc(CCC(=O)NCc2ccc(Br)cc2)cc1. The van der Waals surface area contributed by atoms with Crippen LogP contribution in [0.25, 0.3) is 0 Å². The molecule has 1 N–H and O–H groups in total. The van der Waals surface area contributed by atoms with Gasteiger partial charge in [-0.15, -0.1) is 0 Å². The van der Waals surface area contributed by atoms with Crippen LogP contribution in [-0.4, -0.2) is 5.91 Å². The van der Waals surface area contributed by atoms with E-state index >= 15 is 0 Å². The fraction of sp³-hybridized carbons (Fsp3) is 0.235. The topological polar surface area (TPSA) is 29.1 Å². The summed E-state index contributed by atoms with van der Waals surface area (Å²) in [6, 6.07) is 16.3. The molecular formula is C17H18BrNO. The number of carbonyl (C=O) groups excluding carboxylic acids is 1. The molecule has 0 fully saturated rings. The van der Waals surface area contributed by atoms with Crippen LogP contribution in [0.5, 0.6) is 0 Å². The van der Waals surface area contributed by atoms with E-state index in [0.717, 1.165) is 16.5 Å². The molecule has 20 heavy (non-hydrogen) atoms. The summed E-state index contributed by atoms with van der Waals surface area (Å²) in [4.78, 5) is 11.8. The number of amides is 1. The van der Waals surface area contributed by atoms with Crippen LogP contribution in [0.15, 0.2) is 53.0 Å². The van der Waals surface area contributed by atoms with E-state index in [1.54, 1.807) is 0 Å². The third-order valence-electron chi connectivity index (χ3n) is 3.16. The lowest BCUT2D eigenvalue weighted by Crippen LogP contribution is -2.22. The van der Waals surface area contributed by atoms with E-state index in [2.05, 4.69) is 52.4 Å². The maximum absolute atomic E-state index is 11.8. The van der Waals surface area contributed by atoms with E-state index in [0.29, 0.717) is 13.0 Å². The summed E-state index contributed by atoms with van der Waals surface area (Å²) in [6.45, 7) is 2.65. The summed E-state index contributed by atoms with van der Waals surface area (Å²) in [5, 5.41) is 2.95. The highest BCUT2D eigenvalue weighted by Gasteiger charge is 2.02. The Kier molecular flexibility index (Phi) is 5.36. The van der Waals surface area contributed by atoms with Crippen molar-refractivity contribution in [2.45, 2.75) is 26.3 Å². The van der Waals surface area contributed by atoms with Gasteiger partial charge in [-0.1, -0.05) is 57.9 Å². The zero-order chi connectivity index (χ0) is 14.4. The fourth-order valence-electron chi connectivity index (χ4n) is 1.90. The van der Waals surface area contributed by atoms with Crippen LogP contribution in [0.1, 0.15) is 23.1 Å². The Labute approximate surface area is 128 Å². The second kappa shape index (κ2) is 7.25. The second-order valence-electron chi connectivity index (χ2n) is 4.89. The molecule has 0 saturated carbocycles. The van der Waals surface area contributed by atoms with E-state index in [1.165, 1.54) is 11.1 Å². The molecule has 2 aromatic carbocycles. The number of benzene rings is 2. The van der Waals surface area contributed by atoms with Crippen molar-refractivity contribution < 1.29 is 4.79 Å². The van der Waals surface area contributed by atoms with Crippen molar-refractivity contribution >= 4 is 21.8 Å². The van der Waals surface area contributed by atoms with Crippen LogP contribution in [0.3, 0.4) is 0 Å². The van der Waals surface area contributed by atoms with E-state index in [-0.39, 0.29) is 5.91 Å². The van der Waals surface area contributed by atoms with E-state index < -0.39 is 0 Å². The van der Waals surface area contributed by atoms with Gasteiger partial charge in [0.25, 0.3) is 0 Å². The maximum atomic E-state index is 11.8. The van der Waals surface area contributed by atoms with Gasteiger partial charge in [-0.3, -0.25) is 4.79 Å². The lowest BCUT2D eigenvalue weighted by Gasteiger charge is -2.06. The van der Waals surface area contributed by atoms with Gasteiger partial charge in [0, 0.05) is 17.4 Å². The molecule has 0 spiro atoms. The van der Waals surface area contributed by atoms with Crippen LogP contribution in [-0.2, 0) is 17.8 Å². The summed E-state index contributed by atoms with van der Waals surface area (Å²) in [7, 11) is 0.